The van der Waals surface area contributed by atoms with E-state index in [2.05, 4.69) is 4.98 Å². The fourth-order valence-electron chi connectivity index (χ4n) is 1.90. The summed E-state index contributed by atoms with van der Waals surface area (Å²) in [4.78, 5) is 16.8. The zero-order valence-corrected chi connectivity index (χ0v) is 10.7. The summed E-state index contributed by atoms with van der Waals surface area (Å²) in [6.07, 6.45) is 0. The number of pyridine rings is 1. The average Bonchev–Trinajstić information content (AvgIpc) is 2.38. The van der Waals surface area contributed by atoms with Crippen LogP contribution in [0.4, 0.5) is 0 Å². The summed E-state index contributed by atoms with van der Waals surface area (Å²) in [7, 11) is 1.56. The molecule has 0 saturated heterocycles. The SMILES string of the molecule is COc1ccccc1C(=O)c1ccc(C)nc1C. The third kappa shape index (κ3) is 2.25. The maximum absolute atomic E-state index is 12.4. The lowest BCUT2D eigenvalue weighted by molar-refractivity contribution is 0.103. The molecular weight excluding hydrogens is 226 g/mol. The van der Waals surface area contributed by atoms with Crippen LogP contribution in [0.15, 0.2) is 36.4 Å². The Hall–Kier alpha value is -2.16. The van der Waals surface area contributed by atoms with Crippen LogP contribution in [0.3, 0.4) is 0 Å². The van der Waals surface area contributed by atoms with Gasteiger partial charge in [0, 0.05) is 17.0 Å². The van der Waals surface area contributed by atoms with E-state index in [-0.39, 0.29) is 5.78 Å². The molecule has 0 bridgehead atoms. The predicted octanol–water partition coefficient (Wildman–Crippen LogP) is 2.94. The fraction of sp³-hybridized carbons (Fsp3) is 0.200. The number of rotatable bonds is 3. The van der Waals surface area contributed by atoms with E-state index in [9.17, 15) is 4.79 Å². The van der Waals surface area contributed by atoms with Crippen molar-refractivity contribution in [2.24, 2.45) is 0 Å². The van der Waals surface area contributed by atoms with Crippen LogP contribution >= 0.6 is 0 Å². The van der Waals surface area contributed by atoms with Crippen LogP contribution in [-0.2, 0) is 0 Å². The number of hydrogen-bond donors (Lipinski definition) is 0. The first-order valence-electron chi connectivity index (χ1n) is 5.75. The third-order valence-corrected chi connectivity index (χ3v) is 2.82. The summed E-state index contributed by atoms with van der Waals surface area (Å²) in [5, 5.41) is 0. The van der Waals surface area contributed by atoms with Crippen LogP contribution in [-0.4, -0.2) is 17.9 Å². The molecule has 0 fully saturated rings. The second-order valence-corrected chi connectivity index (χ2v) is 4.12. The Kier molecular flexibility index (Phi) is 3.42. The number of carbonyl (C=O) groups excluding carboxylic acids is 1. The van der Waals surface area contributed by atoms with Gasteiger partial charge in [0.1, 0.15) is 5.75 Å². The molecule has 0 unspecified atom stereocenters. The van der Waals surface area contributed by atoms with Crippen LogP contribution in [0.2, 0.25) is 0 Å². The first-order valence-corrected chi connectivity index (χ1v) is 5.75. The highest BCUT2D eigenvalue weighted by atomic mass is 16.5. The number of hydrogen-bond acceptors (Lipinski definition) is 3. The lowest BCUT2D eigenvalue weighted by Gasteiger charge is -2.09. The molecule has 0 spiro atoms. The van der Waals surface area contributed by atoms with Crippen molar-refractivity contribution < 1.29 is 9.53 Å². The maximum Gasteiger partial charge on any atom is 0.198 e. The molecular formula is C15H15NO2. The van der Waals surface area contributed by atoms with E-state index in [4.69, 9.17) is 4.74 Å². The lowest BCUT2D eigenvalue weighted by Crippen LogP contribution is -2.07. The molecule has 1 aromatic carbocycles. The Morgan fingerprint density at radius 3 is 2.44 bits per heavy atom. The highest BCUT2D eigenvalue weighted by Gasteiger charge is 2.16. The van der Waals surface area contributed by atoms with Crippen molar-refractivity contribution in [3.05, 3.63) is 58.9 Å². The summed E-state index contributed by atoms with van der Waals surface area (Å²) < 4.78 is 5.21. The number of ketones is 1. The van der Waals surface area contributed by atoms with E-state index in [1.165, 1.54) is 0 Å². The monoisotopic (exact) mass is 241 g/mol. The molecule has 3 nitrogen and oxygen atoms in total. The van der Waals surface area contributed by atoms with Crippen LogP contribution in [0.5, 0.6) is 5.75 Å². The highest BCUT2D eigenvalue weighted by molar-refractivity contribution is 6.11. The first-order chi connectivity index (χ1) is 8.63. The normalized spacial score (nSPS) is 10.2. The quantitative estimate of drug-likeness (QED) is 0.775. The molecule has 0 atom stereocenters. The van der Waals surface area contributed by atoms with Gasteiger partial charge < -0.3 is 4.74 Å². The number of nitrogens with zero attached hydrogens (tertiary/aromatic N) is 1. The third-order valence-electron chi connectivity index (χ3n) is 2.82. The van der Waals surface area contributed by atoms with Gasteiger partial charge in [0.2, 0.25) is 0 Å². The minimum Gasteiger partial charge on any atom is -0.496 e. The summed E-state index contributed by atoms with van der Waals surface area (Å²) >= 11 is 0. The van der Waals surface area contributed by atoms with Gasteiger partial charge in [0.15, 0.2) is 5.78 Å². The van der Waals surface area contributed by atoms with Gasteiger partial charge in [-0.1, -0.05) is 12.1 Å². The molecule has 0 saturated carbocycles. The van der Waals surface area contributed by atoms with Gasteiger partial charge in [-0.3, -0.25) is 9.78 Å². The molecule has 0 N–H and O–H groups in total. The van der Waals surface area contributed by atoms with Crippen LogP contribution in [0, 0.1) is 13.8 Å². The number of ether oxygens (including phenoxy) is 1. The Morgan fingerprint density at radius 2 is 1.78 bits per heavy atom. The van der Waals surface area contributed by atoms with Gasteiger partial charge in [-0.25, -0.2) is 0 Å². The zero-order valence-electron chi connectivity index (χ0n) is 10.7. The number of carbonyl (C=O) groups is 1. The molecule has 0 amide bonds. The minimum absolute atomic E-state index is 0.0579. The van der Waals surface area contributed by atoms with Gasteiger partial charge in [0.25, 0.3) is 0 Å². The zero-order chi connectivity index (χ0) is 13.1. The van der Waals surface area contributed by atoms with Gasteiger partial charge >= 0.3 is 0 Å². The molecule has 0 radical (unpaired) electrons. The number of methoxy groups -OCH3 is 1. The van der Waals surface area contributed by atoms with Crippen molar-refractivity contribution in [2.45, 2.75) is 13.8 Å². The van der Waals surface area contributed by atoms with E-state index in [1.54, 1.807) is 19.2 Å². The molecule has 92 valence electrons. The Labute approximate surface area is 106 Å². The van der Waals surface area contributed by atoms with Crippen molar-refractivity contribution in [1.29, 1.82) is 0 Å². The fourth-order valence-corrected chi connectivity index (χ4v) is 1.90. The van der Waals surface area contributed by atoms with Crippen molar-refractivity contribution >= 4 is 5.78 Å². The number of aromatic nitrogens is 1. The number of aryl methyl sites for hydroxylation is 2. The molecule has 1 aromatic heterocycles. The van der Waals surface area contributed by atoms with Gasteiger partial charge in [-0.2, -0.15) is 0 Å². The first kappa shape index (κ1) is 12.3. The Bertz CT molecular complexity index is 591. The molecule has 2 rings (SSSR count). The van der Waals surface area contributed by atoms with E-state index >= 15 is 0 Å². The molecule has 2 aromatic rings. The standard InChI is InChI=1S/C15H15NO2/c1-10-8-9-12(11(2)16-10)15(17)13-6-4-5-7-14(13)18-3/h4-9H,1-3H3. The van der Waals surface area contributed by atoms with E-state index in [0.29, 0.717) is 16.9 Å². The molecule has 0 aliphatic rings. The topological polar surface area (TPSA) is 39.2 Å². The Balaban J connectivity index is 2.48. The van der Waals surface area contributed by atoms with Crippen molar-refractivity contribution in [1.82, 2.24) is 4.98 Å². The summed E-state index contributed by atoms with van der Waals surface area (Å²) in [5.41, 5.74) is 2.83. The second-order valence-electron chi connectivity index (χ2n) is 4.12. The van der Waals surface area contributed by atoms with Gasteiger partial charge in [-0.15, -0.1) is 0 Å². The second kappa shape index (κ2) is 5.00. The largest absolute Gasteiger partial charge is 0.496 e. The molecule has 1 heterocycles. The molecule has 3 heteroatoms. The van der Waals surface area contributed by atoms with E-state index in [0.717, 1.165) is 11.4 Å². The van der Waals surface area contributed by atoms with Crippen LogP contribution in [0.1, 0.15) is 27.3 Å². The summed E-state index contributed by atoms with van der Waals surface area (Å²) in [6, 6.07) is 10.9. The van der Waals surface area contributed by atoms with Crippen molar-refractivity contribution in [3.63, 3.8) is 0 Å². The van der Waals surface area contributed by atoms with Gasteiger partial charge in [-0.05, 0) is 38.1 Å². The molecule has 0 aliphatic heterocycles. The molecule has 0 aliphatic carbocycles. The summed E-state index contributed by atoms with van der Waals surface area (Å²) in [6.45, 7) is 3.75. The maximum atomic E-state index is 12.4. The predicted molar refractivity (Wildman–Crippen MR) is 70.1 cm³/mol. The number of para-hydroxylation sites is 1. The van der Waals surface area contributed by atoms with E-state index in [1.807, 2.05) is 38.1 Å². The highest BCUT2D eigenvalue weighted by Crippen LogP contribution is 2.22. The van der Waals surface area contributed by atoms with Crippen molar-refractivity contribution in [3.8, 4) is 5.75 Å². The Morgan fingerprint density at radius 1 is 1.06 bits per heavy atom. The van der Waals surface area contributed by atoms with Crippen LogP contribution < -0.4 is 4.74 Å². The van der Waals surface area contributed by atoms with Crippen molar-refractivity contribution in [2.75, 3.05) is 7.11 Å². The van der Waals surface area contributed by atoms with E-state index < -0.39 is 0 Å². The van der Waals surface area contributed by atoms with Gasteiger partial charge in [0.05, 0.1) is 12.7 Å². The molecule has 18 heavy (non-hydrogen) atoms. The smallest absolute Gasteiger partial charge is 0.198 e. The van der Waals surface area contributed by atoms with Crippen LogP contribution in [0.25, 0.3) is 0 Å². The average molecular weight is 241 g/mol. The minimum atomic E-state index is -0.0579. The number of benzene rings is 1. The summed E-state index contributed by atoms with van der Waals surface area (Å²) in [5.74, 6) is 0.528. The lowest BCUT2D eigenvalue weighted by atomic mass is 10.0.